The Kier molecular flexibility index (Phi) is 2.52. The van der Waals surface area contributed by atoms with Crippen LogP contribution in [0, 0.1) is 0 Å². The molecule has 4 nitrogen and oxygen atoms in total. The number of nitrogens with zero attached hydrogens (tertiary/aromatic N) is 1. The van der Waals surface area contributed by atoms with Gasteiger partial charge in [0.2, 0.25) is 5.91 Å². The van der Waals surface area contributed by atoms with Crippen molar-refractivity contribution in [2.24, 2.45) is 0 Å². The van der Waals surface area contributed by atoms with Gasteiger partial charge in [-0.2, -0.15) is 0 Å². The van der Waals surface area contributed by atoms with E-state index >= 15 is 0 Å². The van der Waals surface area contributed by atoms with Crippen molar-refractivity contribution in [2.45, 2.75) is 20.4 Å². The molecular formula is C15H13NO3. The van der Waals surface area contributed by atoms with Crippen LogP contribution in [0.4, 0.5) is 5.69 Å². The van der Waals surface area contributed by atoms with Gasteiger partial charge in [-0.3, -0.25) is 9.59 Å². The molecule has 0 spiro atoms. The summed E-state index contributed by atoms with van der Waals surface area (Å²) >= 11 is 0. The zero-order valence-corrected chi connectivity index (χ0v) is 10.8. The third-order valence-corrected chi connectivity index (χ3v) is 3.27. The lowest BCUT2D eigenvalue weighted by atomic mass is 10.1. The Bertz CT molecular complexity index is 706. The highest BCUT2D eigenvalue weighted by atomic mass is 16.5. The SMILES string of the molecule is CC(=O)Oc1cc2c3c(cccc3c1)N(C(C)=O)C2. The molecule has 1 amide bonds. The number of hydrogen-bond acceptors (Lipinski definition) is 3. The second kappa shape index (κ2) is 4.09. The molecule has 1 aliphatic heterocycles. The topological polar surface area (TPSA) is 46.6 Å². The van der Waals surface area contributed by atoms with Gasteiger partial charge in [-0.05, 0) is 29.1 Å². The first kappa shape index (κ1) is 11.7. The summed E-state index contributed by atoms with van der Waals surface area (Å²) in [7, 11) is 0. The van der Waals surface area contributed by atoms with Gasteiger partial charge in [0.25, 0.3) is 0 Å². The molecule has 1 aliphatic rings. The second-order valence-electron chi connectivity index (χ2n) is 4.66. The Hall–Kier alpha value is -2.36. The highest BCUT2D eigenvalue weighted by molar-refractivity contribution is 6.08. The highest BCUT2D eigenvalue weighted by Crippen LogP contribution is 2.39. The monoisotopic (exact) mass is 255 g/mol. The van der Waals surface area contributed by atoms with E-state index in [1.165, 1.54) is 6.92 Å². The number of ether oxygens (including phenoxy) is 1. The van der Waals surface area contributed by atoms with E-state index in [2.05, 4.69) is 0 Å². The summed E-state index contributed by atoms with van der Waals surface area (Å²) in [5, 5.41) is 2.05. The van der Waals surface area contributed by atoms with Crippen LogP contribution in [0.5, 0.6) is 5.75 Å². The van der Waals surface area contributed by atoms with E-state index in [0.717, 1.165) is 22.0 Å². The van der Waals surface area contributed by atoms with E-state index in [1.807, 2.05) is 30.3 Å². The lowest BCUT2D eigenvalue weighted by Crippen LogP contribution is -2.23. The fraction of sp³-hybridized carbons (Fsp3) is 0.200. The van der Waals surface area contributed by atoms with Crippen LogP contribution in [0.1, 0.15) is 19.4 Å². The molecule has 0 fully saturated rings. The van der Waals surface area contributed by atoms with Gasteiger partial charge in [0.15, 0.2) is 0 Å². The quantitative estimate of drug-likeness (QED) is 0.581. The van der Waals surface area contributed by atoms with Crippen molar-refractivity contribution in [3.63, 3.8) is 0 Å². The molecule has 0 unspecified atom stereocenters. The molecule has 2 aromatic rings. The van der Waals surface area contributed by atoms with Gasteiger partial charge in [-0.15, -0.1) is 0 Å². The molecule has 0 bridgehead atoms. The van der Waals surface area contributed by atoms with E-state index in [9.17, 15) is 9.59 Å². The minimum atomic E-state index is -0.343. The maximum atomic E-state index is 11.7. The smallest absolute Gasteiger partial charge is 0.308 e. The van der Waals surface area contributed by atoms with E-state index < -0.39 is 0 Å². The van der Waals surface area contributed by atoms with E-state index in [-0.39, 0.29) is 11.9 Å². The third-order valence-electron chi connectivity index (χ3n) is 3.27. The van der Waals surface area contributed by atoms with Crippen molar-refractivity contribution in [3.05, 3.63) is 35.9 Å². The molecular weight excluding hydrogens is 242 g/mol. The molecule has 0 N–H and O–H groups in total. The van der Waals surface area contributed by atoms with Gasteiger partial charge in [0, 0.05) is 19.2 Å². The molecule has 19 heavy (non-hydrogen) atoms. The molecule has 96 valence electrons. The maximum absolute atomic E-state index is 11.7. The highest BCUT2D eigenvalue weighted by Gasteiger charge is 2.24. The second-order valence-corrected chi connectivity index (χ2v) is 4.66. The van der Waals surface area contributed by atoms with E-state index in [4.69, 9.17) is 4.74 Å². The van der Waals surface area contributed by atoms with Gasteiger partial charge in [-0.1, -0.05) is 12.1 Å². The normalized spacial score (nSPS) is 12.8. The molecule has 1 heterocycles. The first-order valence-electron chi connectivity index (χ1n) is 6.08. The molecule has 4 heteroatoms. The molecule has 0 saturated carbocycles. The number of carbonyl (C=O) groups is 2. The standard InChI is InChI=1S/C15H13NO3/c1-9(17)16-8-12-7-13(19-10(2)18)6-11-4-3-5-14(16)15(11)12/h3-7H,8H2,1-2H3. The van der Waals surface area contributed by atoms with Gasteiger partial charge < -0.3 is 9.64 Å². The number of esters is 1. The summed E-state index contributed by atoms with van der Waals surface area (Å²) in [4.78, 5) is 24.4. The molecule has 0 aromatic heterocycles. The summed E-state index contributed by atoms with van der Waals surface area (Å²) in [5.41, 5.74) is 1.94. The minimum absolute atomic E-state index is 0.0118. The largest absolute Gasteiger partial charge is 0.427 e. The van der Waals surface area contributed by atoms with Crippen molar-refractivity contribution in [1.29, 1.82) is 0 Å². The average molecular weight is 255 g/mol. The average Bonchev–Trinajstić information content (AvgIpc) is 2.69. The van der Waals surface area contributed by atoms with Gasteiger partial charge in [0.1, 0.15) is 5.75 Å². The van der Waals surface area contributed by atoms with Crippen LogP contribution in [0.25, 0.3) is 10.8 Å². The Labute approximate surface area is 110 Å². The van der Waals surface area contributed by atoms with Crippen molar-refractivity contribution >= 4 is 28.3 Å². The summed E-state index contributed by atoms with van der Waals surface area (Å²) < 4.78 is 5.14. The van der Waals surface area contributed by atoms with Crippen LogP contribution in [0.15, 0.2) is 30.3 Å². The predicted octanol–water partition coefficient (Wildman–Crippen LogP) is 2.63. The molecule has 0 aliphatic carbocycles. The molecule has 2 aromatic carbocycles. The van der Waals surface area contributed by atoms with Crippen LogP contribution in [-0.4, -0.2) is 11.9 Å². The first-order chi connectivity index (χ1) is 9.06. The van der Waals surface area contributed by atoms with Crippen LogP contribution in [0.2, 0.25) is 0 Å². The van der Waals surface area contributed by atoms with Crippen molar-refractivity contribution in [2.75, 3.05) is 4.90 Å². The van der Waals surface area contributed by atoms with Crippen molar-refractivity contribution < 1.29 is 14.3 Å². The van der Waals surface area contributed by atoms with Crippen molar-refractivity contribution in [3.8, 4) is 5.75 Å². The Balaban J connectivity index is 2.19. The summed E-state index contributed by atoms with van der Waals surface area (Å²) in [6.07, 6.45) is 0. The van der Waals surface area contributed by atoms with Crippen molar-refractivity contribution in [1.82, 2.24) is 0 Å². The number of benzene rings is 2. The third kappa shape index (κ3) is 1.85. The molecule has 3 rings (SSSR count). The van der Waals surface area contributed by atoms with E-state index in [0.29, 0.717) is 12.3 Å². The zero-order valence-electron chi connectivity index (χ0n) is 10.8. The van der Waals surface area contributed by atoms with E-state index in [1.54, 1.807) is 11.8 Å². The lowest BCUT2D eigenvalue weighted by molar-refractivity contribution is -0.131. The van der Waals surface area contributed by atoms with Crippen LogP contribution >= 0.6 is 0 Å². The summed E-state index contributed by atoms with van der Waals surface area (Å²) in [5.74, 6) is 0.194. The Morgan fingerprint density at radius 1 is 1.21 bits per heavy atom. The number of anilines is 1. The van der Waals surface area contributed by atoms with Crippen LogP contribution < -0.4 is 9.64 Å². The Morgan fingerprint density at radius 3 is 2.68 bits per heavy atom. The van der Waals surface area contributed by atoms with Gasteiger partial charge >= 0.3 is 5.97 Å². The molecule has 0 atom stereocenters. The maximum Gasteiger partial charge on any atom is 0.308 e. The molecule has 0 saturated heterocycles. The van der Waals surface area contributed by atoms with Crippen LogP contribution in [0.3, 0.4) is 0 Å². The number of carbonyl (C=O) groups excluding carboxylic acids is 2. The summed E-state index contributed by atoms with van der Waals surface area (Å²) in [6, 6.07) is 9.45. The predicted molar refractivity (Wildman–Crippen MR) is 72.1 cm³/mol. The number of hydrogen-bond donors (Lipinski definition) is 0. The Morgan fingerprint density at radius 2 is 2.00 bits per heavy atom. The number of amides is 1. The zero-order chi connectivity index (χ0) is 13.6. The summed E-state index contributed by atoms with van der Waals surface area (Å²) in [6.45, 7) is 3.46. The van der Waals surface area contributed by atoms with Gasteiger partial charge in [-0.25, -0.2) is 0 Å². The van der Waals surface area contributed by atoms with Gasteiger partial charge in [0.05, 0.1) is 12.2 Å². The fourth-order valence-corrected chi connectivity index (χ4v) is 2.58. The first-order valence-corrected chi connectivity index (χ1v) is 6.08. The minimum Gasteiger partial charge on any atom is -0.427 e. The fourth-order valence-electron chi connectivity index (χ4n) is 2.58. The lowest BCUT2D eigenvalue weighted by Gasteiger charge is -2.14. The number of rotatable bonds is 1. The van der Waals surface area contributed by atoms with Crippen LogP contribution in [-0.2, 0) is 16.1 Å². The molecule has 0 radical (unpaired) electrons.